The van der Waals surface area contributed by atoms with E-state index in [0.29, 0.717) is 17.9 Å². The minimum Gasteiger partial charge on any atom is -0.497 e. The third-order valence-electron chi connectivity index (χ3n) is 5.14. The molecule has 2 aromatic rings. The van der Waals surface area contributed by atoms with Crippen molar-refractivity contribution in [1.29, 1.82) is 0 Å². The molecule has 160 valence electrons. The van der Waals surface area contributed by atoms with E-state index in [-0.39, 0.29) is 18.0 Å². The zero-order chi connectivity index (χ0) is 21.3. The number of nitrogens with zero attached hydrogens (tertiary/aromatic N) is 1. The van der Waals surface area contributed by atoms with Gasteiger partial charge in [-0.2, -0.15) is 0 Å². The monoisotopic (exact) mass is 411 g/mol. The van der Waals surface area contributed by atoms with E-state index in [2.05, 4.69) is 27.7 Å². The van der Waals surface area contributed by atoms with Crippen LogP contribution in [0.25, 0.3) is 0 Å². The third kappa shape index (κ3) is 6.22. The maximum absolute atomic E-state index is 12.3. The topological polar surface area (TPSA) is 79.9 Å². The third-order valence-corrected chi connectivity index (χ3v) is 5.14. The molecule has 0 radical (unpaired) electrons. The van der Waals surface area contributed by atoms with Crippen LogP contribution in [0.1, 0.15) is 35.7 Å². The minimum atomic E-state index is -0.366. The van der Waals surface area contributed by atoms with Gasteiger partial charge in [0.15, 0.2) is 0 Å². The first kappa shape index (κ1) is 21.6. The number of benzene rings is 2. The lowest BCUT2D eigenvalue weighted by molar-refractivity contribution is 0.0526. The Bertz CT molecular complexity index is 829. The fraction of sp³-hybridized carbons (Fsp3) is 0.391. The number of carbonyl (C=O) groups excluding carboxylic acids is 2. The molecule has 1 saturated heterocycles. The lowest BCUT2D eigenvalue weighted by atomic mass is 10.0. The second kappa shape index (κ2) is 10.6. The van der Waals surface area contributed by atoms with Crippen molar-refractivity contribution < 1.29 is 19.1 Å². The molecule has 0 saturated carbocycles. The van der Waals surface area contributed by atoms with E-state index < -0.39 is 0 Å². The highest BCUT2D eigenvalue weighted by molar-refractivity contribution is 5.92. The van der Waals surface area contributed by atoms with Crippen molar-refractivity contribution in [3.8, 4) is 5.75 Å². The van der Waals surface area contributed by atoms with E-state index in [1.165, 1.54) is 5.56 Å². The molecule has 30 heavy (non-hydrogen) atoms. The number of ether oxygens (including phenoxy) is 2. The molecule has 2 aromatic carbocycles. The summed E-state index contributed by atoms with van der Waals surface area (Å²) in [5, 5.41) is 5.86. The van der Waals surface area contributed by atoms with E-state index in [1.807, 2.05) is 12.1 Å². The Balaban J connectivity index is 1.41. The first-order valence-electron chi connectivity index (χ1n) is 10.3. The van der Waals surface area contributed by atoms with Gasteiger partial charge in [-0.25, -0.2) is 9.59 Å². The molecule has 7 heteroatoms. The Morgan fingerprint density at radius 3 is 2.30 bits per heavy atom. The number of likely N-dealkylation sites (tertiary alicyclic amines) is 1. The van der Waals surface area contributed by atoms with Crippen LogP contribution in [-0.2, 0) is 11.3 Å². The fourth-order valence-corrected chi connectivity index (χ4v) is 3.48. The van der Waals surface area contributed by atoms with Crippen LogP contribution in [-0.4, -0.2) is 49.7 Å². The molecular weight excluding hydrogens is 382 g/mol. The van der Waals surface area contributed by atoms with Gasteiger partial charge in [0.25, 0.3) is 0 Å². The number of urea groups is 1. The number of esters is 1. The summed E-state index contributed by atoms with van der Waals surface area (Å²) in [7, 11) is 1.67. The second-order valence-electron chi connectivity index (χ2n) is 7.29. The largest absolute Gasteiger partial charge is 0.497 e. The van der Waals surface area contributed by atoms with Crippen LogP contribution in [0.5, 0.6) is 5.75 Å². The summed E-state index contributed by atoms with van der Waals surface area (Å²) in [6.45, 7) is 4.87. The van der Waals surface area contributed by atoms with Gasteiger partial charge < -0.3 is 20.1 Å². The molecule has 0 aromatic heterocycles. The molecule has 1 aliphatic rings. The molecule has 2 N–H and O–H groups in total. The number of methoxy groups -OCH3 is 1. The van der Waals surface area contributed by atoms with Gasteiger partial charge in [0.1, 0.15) is 5.75 Å². The highest BCUT2D eigenvalue weighted by Gasteiger charge is 2.21. The molecule has 3 rings (SSSR count). The summed E-state index contributed by atoms with van der Waals surface area (Å²) in [5.41, 5.74) is 2.36. The highest BCUT2D eigenvalue weighted by Crippen LogP contribution is 2.17. The highest BCUT2D eigenvalue weighted by atomic mass is 16.5. The van der Waals surface area contributed by atoms with Crippen molar-refractivity contribution in [3.05, 3.63) is 59.7 Å². The zero-order valence-electron chi connectivity index (χ0n) is 17.5. The van der Waals surface area contributed by atoms with Crippen LogP contribution in [0, 0.1) is 0 Å². The van der Waals surface area contributed by atoms with Crippen LogP contribution in [0.15, 0.2) is 48.5 Å². The van der Waals surface area contributed by atoms with Crippen molar-refractivity contribution in [2.75, 3.05) is 32.1 Å². The Morgan fingerprint density at radius 2 is 1.70 bits per heavy atom. The van der Waals surface area contributed by atoms with Gasteiger partial charge in [-0.3, -0.25) is 4.90 Å². The Morgan fingerprint density at radius 1 is 1.03 bits per heavy atom. The normalized spacial score (nSPS) is 14.7. The van der Waals surface area contributed by atoms with Crippen molar-refractivity contribution in [1.82, 2.24) is 10.2 Å². The van der Waals surface area contributed by atoms with Crippen molar-refractivity contribution in [2.45, 2.75) is 32.4 Å². The molecule has 0 atom stereocenters. The van der Waals surface area contributed by atoms with E-state index >= 15 is 0 Å². The summed E-state index contributed by atoms with van der Waals surface area (Å²) in [5.74, 6) is 0.498. The molecule has 7 nitrogen and oxygen atoms in total. The zero-order valence-corrected chi connectivity index (χ0v) is 17.5. The standard InChI is InChI=1S/C23H29N3O4/c1-3-30-22(27)18-6-8-19(9-7-18)24-23(28)25-20-12-14-26(15-13-20)16-17-4-10-21(29-2)11-5-17/h4-11,20H,3,12-16H2,1-2H3,(H2,24,25,28). The first-order chi connectivity index (χ1) is 14.6. The van der Waals surface area contributed by atoms with Crippen molar-refractivity contribution in [2.24, 2.45) is 0 Å². The predicted molar refractivity (Wildman–Crippen MR) is 116 cm³/mol. The summed E-state index contributed by atoms with van der Waals surface area (Å²) in [6.07, 6.45) is 1.82. The average molecular weight is 412 g/mol. The molecular formula is C23H29N3O4. The lowest BCUT2D eigenvalue weighted by Crippen LogP contribution is -2.45. The fourth-order valence-electron chi connectivity index (χ4n) is 3.48. The van der Waals surface area contributed by atoms with Crippen molar-refractivity contribution >= 4 is 17.7 Å². The van der Waals surface area contributed by atoms with Crippen LogP contribution in [0.4, 0.5) is 10.5 Å². The predicted octanol–water partition coefficient (Wildman–Crippen LogP) is 3.66. The summed E-state index contributed by atoms with van der Waals surface area (Å²) >= 11 is 0. The van der Waals surface area contributed by atoms with Gasteiger partial charge in [-0.05, 0) is 61.7 Å². The number of nitrogens with one attached hydrogen (secondary N) is 2. The molecule has 0 unspecified atom stereocenters. The molecule has 1 heterocycles. The van der Waals surface area contributed by atoms with Gasteiger partial charge >= 0.3 is 12.0 Å². The molecule has 0 aliphatic carbocycles. The first-order valence-corrected chi connectivity index (χ1v) is 10.3. The molecule has 1 fully saturated rings. The second-order valence-corrected chi connectivity index (χ2v) is 7.29. The number of rotatable bonds is 7. The van der Waals surface area contributed by atoms with Crippen LogP contribution in [0.3, 0.4) is 0 Å². The molecule has 2 amide bonds. The quantitative estimate of drug-likeness (QED) is 0.680. The van der Waals surface area contributed by atoms with Gasteiger partial charge in [0.05, 0.1) is 19.3 Å². The van der Waals surface area contributed by atoms with Crippen LogP contribution in [0.2, 0.25) is 0 Å². The average Bonchev–Trinajstić information content (AvgIpc) is 2.76. The summed E-state index contributed by atoms with van der Waals surface area (Å²) in [4.78, 5) is 26.4. The Hall–Kier alpha value is -3.06. The van der Waals surface area contributed by atoms with E-state index in [9.17, 15) is 9.59 Å². The Kier molecular flexibility index (Phi) is 7.68. The molecule has 0 bridgehead atoms. The van der Waals surface area contributed by atoms with Gasteiger partial charge in [-0.15, -0.1) is 0 Å². The van der Waals surface area contributed by atoms with Crippen LogP contribution >= 0.6 is 0 Å². The molecule has 0 spiro atoms. The number of hydrogen-bond donors (Lipinski definition) is 2. The Labute approximate surface area is 177 Å². The maximum atomic E-state index is 12.3. The number of amides is 2. The maximum Gasteiger partial charge on any atom is 0.338 e. The molecule has 1 aliphatic heterocycles. The van der Waals surface area contributed by atoms with Crippen LogP contribution < -0.4 is 15.4 Å². The van der Waals surface area contributed by atoms with Crippen molar-refractivity contribution in [3.63, 3.8) is 0 Å². The minimum absolute atomic E-state index is 0.149. The van der Waals surface area contributed by atoms with Gasteiger partial charge in [-0.1, -0.05) is 12.1 Å². The smallest absolute Gasteiger partial charge is 0.338 e. The van der Waals surface area contributed by atoms with E-state index in [0.717, 1.165) is 38.2 Å². The lowest BCUT2D eigenvalue weighted by Gasteiger charge is -2.32. The summed E-state index contributed by atoms with van der Waals surface area (Å²) < 4.78 is 10.2. The van der Waals surface area contributed by atoms with Gasteiger partial charge in [0.2, 0.25) is 0 Å². The number of anilines is 1. The number of hydrogen-bond acceptors (Lipinski definition) is 5. The summed E-state index contributed by atoms with van der Waals surface area (Å²) in [6, 6.07) is 14.7. The van der Waals surface area contributed by atoms with Gasteiger partial charge in [0, 0.05) is 31.4 Å². The number of piperidine rings is 1. The van der Waals surface area contributed by atoms with E-state index in [1.54, 1.807) is 38.3 Å². The van der Waals surface area contributed by atoms with E-state index in [4.69, 9.17) is 9.47 Å². The number of carbonyl (C=O) groups is 2. The SMILES string of the molecule is CCOC(=O)c1ccc(NC(=O)NC2CCN(Cc3ccc(OC)cc3)CC2)cc1.